The maximum absolute atomic E-state index is 12.0. The molecule has 0 aliphatic carbocycles. The highest BCUT2D eigenvalue weighted by molar-refractivity contribution is 5.84. The van der Waals surface area contributed by atoms with E-state index in [9.17, 15) is 9.59 Å². The van der Waals surface area contributed by atoms with Crippen LogP contribution in [0.25, 0.3) is 0 Å². The molecule has 0 aromatic carbocycles. The summed E-state index contributed by atoms with van der Waals surface area (Å²) in [5.74, 6) is -0.605. The summed E-state index contributed by atoms with van der Waals surface area (Å²) in [6.07, 6.45) is 0.132. The number of hydrogen-bond donors (Lipinski definition) is 3. The fraction of sp³-hybridized carbons (Fsp3) is 0.818. The maximum Gasteiger partial charge on any atom is 0.227 e. The number of rotatable bonds is 5. The number of nitrogens with one attached hydrogen (secondary N) is 1. The minimum Gasteiger partial charge on any atom is -0.370 e. The van der Waals surface area contributed by atoms with Gasteiger partial charge in [-0.1, -0.05) is 0 Å². The lowest BCUT2D eigenvalue weighted by atomic mass is 9.74. The average molecular weight is 229 g/mol. The van der Waals surface area contributed by atoms with Crippen LogP contribution in [0.15, 0.2) is 0 Å². The van der Waals surface area contributed by atoms with E-state index >= 15 is 0 Å². The number of carbonyl (C=O) groups is 2. The van der Waals surface area contributed by atoms with E-state index < -0.39 is 16.9 Å². The largest absolute Gasteiger partial charge is 0.370 e. The van der Waals surface area contributed by atoms with E-state index in [1.54, 1.807) is 34.6 Å². The molecule has 0 heterocycles. The van der Waals surface area contributed by atoms with Crippen molar-refractivity contribution in [2.45, 2.75) is 52.6 Å². The molecule has 2 amide bonds. The molecule has 0 aromatic rings. The SMILES string of the molecule is CC(CC(N)=O)NC(=O)C(C)(C)C(C)(C)N. The first-order valence-corrected chi connectivity index (χ1v) is 5.36. The lowest BCUT2D eigenvalue weighted by molar-refractivity contribution is -0.133. The minimum absolute atomic E-state index is 0.132. The zero-order valence-corrected chi connectivity index (χ0v) is 10.8. The van der Waals surface area contributed by atoms with Crippen molar-refractivity contribution in [1.82, 2.24) is 5.32 Å². The molecule has 1 unspecified atom stereocenters. The topological polar surface area (TPSA) is 98.2 Å². The van der Waals surface area contributed by atoms with Gasteiger partial charge in [0.25, 0.3) is 0 Å². The van der Waals surface area contributed by atoms with Gasteiger partial charge in [0, 0.05) is 18.0 Å². The second-order valence-corrected chi connectivity index (χ2v) is 5.39. The van der Waals surface area contributed by atoms with Crippen molar-refractivity contribution in [2.75, 3.05) is 0 Å². The molecular formula is C11H23N3O2. The predicted octanol–water partition coefficient (Wildman–Crippen LogP) is 0.130. The highest BCUT2D eigenvalue weighted by Gasteiger charge is 2.40. The second kappa shape index (κ2) is 4.82. The van der Waals surface area contributed by atoms with Gasteiger partial charge in [0.2, 0.25) is 11.8 Å². The summed E-state index contributed by atoms with van der Waals surface area (Å²) < 4.78 is 0. The predicted molar refractivity (Wildman–Crippen MR) is 63.5 cm³/mol. The summed E-state index contributed by atoms with van der Waals surface area (Å²) in [4.78, 5) is 22.6. The zero-order valence-electron chi connectivity index (χ0n) is 10.8. The van der Waals surface area contributed by atoms with Crippen molar-refractivity contribution >= 4 is 11.8 Å². The maximum atomic E-state index is 12.0. The quantitative estimate of drug-likeness (QED) is 0.625. The van der Waals surface area contributed by atoms with Gasteiger partial charge in [0.05, 0.1) is 5.41 Å². The van der Waals surface area contributed by atoms with Gasteiger partial charge in [-0.15, -0.1) is 0 Å². The Hall–Kier alpha value is -1.10. The van der Waals surface area contributed by atoms with Gasteiger partial charge in [-0.2, -0.15) is 0 Å². The molecule has 0 fully saturated rings. The van der Waals surface area contributed by atoms with Gasteiger partial charge < -0.3 is 16.8 Å². The molecule has 0 aliphatic rings. The Morgan fingerprint density at radius 3 is 2.00 bits per heavy atom. The number of amides is 2. The summed E-state index contributed by atoms with van der Waals surface area (Å²) in [6.45, 7) is 8.89. The van der Waals surface area contributed by atoms with E-state index in [2.05, 4.69) is 5.32 Å². The highest BCUT2D eigenvalue weighted by atomic mass is 16.2. The molecule has 5 heteroatoms. The summed E-state index contributed by atoms with van der Waals surface area (Å²) in [7, 11) is 0. The molecule has 0 saturated carbocycles. The zero-order chi connectivity index (χ0) is 13.1. The van der Waals surface area contributed by atoms with E-state index in [1.807, 2.05) is 0 Å². The Morgan fingerprint density at radius 2 is 1.69 bits per heavy atom. The van der Waals surface area contributed by atoms with Gasteiger partial charge in [-0.05, 0) is 34.6 Å². The number of hydrogen-bond acceptors (Lipinski definition) is 3. The molecule has 0 bridgehead atoms. The van der Waals surface area contributed by atoms with E-state index in [0.29, 0.717) is 0 Å². The summed E-state index contributed by atoms with van der Waals surface area (Å²) >= 11 is 0. The van der Waals surface area contributed by atoms with E-state index in [4.69, 9.17) is 11.5 Å². The van der Waals surface area contributed by atoms with Crippen LogP contribution in [-0.4, -0.2) is 23.4 Å². The Labute approximate surface area is 96.9 Å². The van der Waals surface area contributed by atoms with Crippen molar-refractivity contribution in [3.05, 3.63) is 0 Å². The van der Waals surface area contributed by atoms with Gasteiger partial charge >= 0.3 is 0 Å². The Balaban J connectivity index is 4.53. The summed E-state index contributed by atoms with van der Waals surface area (Å²) in [6, 6.07) is -0.272. The average Bonchev–Trinajstić information content (AvgIpc) is 1.99. The first-order valence-electron chi connectivity index (χ1n) is 5.36. The molecular weight excluding hydrogens is 206 g/mol. The number of carbonyl (C=O) groups excluding carboxylic acids is 2. The van der Waals surface area contributed by atoms with Crippen LogP contribution in [0.1, 0.15) is 41.0 Å². The fourth-order valence-corrected chi connectivity index (χ4v) is 1.05. The van der Waals surface area contributed by atoms with Crippen molar-refractivity contribution < 1.29 is 9.59 Å². The number of nitrogens with two attached hydrogens (primary N) is 2. The number of primary amides is 1. The molecule has 5 nitrogen and oxygen atoms in total. The highest BCUT2D eigenvalue weighted by Crippen LogP contribution is 2.28. The normalized spacial score (nSPS) is 14.4. The first kappa shape index (κ1) is 14.9. The van der Waals surface area contributed by atoms with Crippen molar-refractivity contribution in [3.8, 4) is 0 Å². The molecule has 5 N–H and O–H groups in total. The molecule has 0 spiro atoms. The standard InChI is InChI=1S/C11H23N3O2/c1-7(6-8(12)15)14-9(16)10(2,3)11(4,5)13/h7H,6,13H2,1-5H3,(H2,12,15)(H,14,16). The third-order valence-corrected chi connectivity index (χ3v) is 3.06. The van der Waals surface area contributed by atoms with E-state index in [1.165, 1.54) is 0 Å². The molecule has 0 aliphatic heterocycles. The monoisotopic (exact) mass is 229 g/mol. The Morgan fingerprint density at radius 1 is 1.25 bits per heavy atom. The van der Waals surface area contributed by atoms with Gasteiger partial charge in [-0.25, -0.2) is 0 Å². The lowest BCUT2D eigenvalue weighted by Crippen LogP contribution is -2.57. The molecule has 0 saturated heterocycles. The summed E-state index contributed by atoms with van der Waals surface area (Å²) in [5, 5.41) is 2.74. The molecule has 0 rings (SSSR count). The third kappa shape index (κ3) is 3.81. The third-order valence-electron chi connectivity index (χ3n) is 3.06. The van der Waals surface area contributed by atoms with Crippen LogP contribution in [0.5, 0.6) is 0 Å². The van der Waals surface area contributed by atoms with Crippen LogP contribution >= 0.6 is 0 Å². The fourth-order valence-electron chi connectivity index (χ4n) is 1.05. The van der Waals surface area contributed by atoms with Crippen molar-refractivity contribution in [2.24, 2.45) is 16.9 Å². The second-order valence-electron chi connectivity index (χ2n) is 5.39. The lowest BCUT2D eigenvalue weighted by Gasteiger charge is -2.37. The molecule has 0 radical (unpaired) electrons. The van der Waals surface area contributed by atoms with E-state index in [-0.39, 0.29) is 18.4 Å². The van der Waals surface area contributed by atoms with E-state index in [0.717, 1.165) is 0 Å². The van der Waals surface area contributed by atoms with Gasteiger partial charge in [0.15, 0.2) is 0 Å². The molecule has 1 atom stereocenters. The summed E-state index contributed by atoms with van der Waals surface area (Å²) in [5.41, 5.74) is 9.64. The Bertz CT molecular complexity index is 279. The molecule has 0 aromatic heterocycles. The van der Waals surface area contributed by atoms with Crippen LogP contribution in [0.2, 0.25) is 0 Å². The molecule has 16 heavy (non-hydrogen) atoms. The van der Waals surface area contributed by atoms with Crippen LogP contribution in [0.4, 0.5) is 0 Å². The van der Waals surface area contributed by atoms with Crippen LogP contribution < -0.4 is 16.8 Å². The van der Waals surface area contributed by atoms with Crippen LogP contribution in [0, 0.1) is 5.41 Å². The van der Waals surface area contributed by atoms with Gasteiger partial charge in [-0.3, -0.25) is 9.59 Å². The van der Waals surface area contributed by atoms with Crippen molar-refractivity contribution in [3.63, 3.8) is 0 Å². The van der Waals surface area contributed by atoms with Crippen molar-refractivity contribution in [1.29, 1.82) is 0 Å². The minimum atomic E-state index is -0.709. The van der Waals surface area contributed by atoms with Crippen LogP contribution in [0.3, 0.4) is 0 Å². The smallest absolute Gasteiger partial charge is 0.227 e. The van der Waals surface area contributed by atoms with Gasteiger partial charge in [0.1, 0.15) is 0 Å². The van der Waals surface area contributed by atoms with Crippen LogP contribution in [-0.2, 0) is 9.59 Å². The Kier molecular flexibility index (Phi) is 4.49. The molecule has 94 valence electrons. The first-order chi connectivity index (χ1) is 6.98.